The second kappa shape index (κ2) is 5.91. The average Bonchev–Trinajstić information content (AvgIpc) is 2.19. The van der Waals surface area contributed by atoms with Gasteiger partial charge in [0.15, 0.2) is 0 Å². The van der Waals surface area contributed by atoms with E-state index in [4.69, 9.17) is 11.6 Å². The number of aryl methyl sites for hydroxylation is 1. The average molecular weight is 228 g/mol. The number of rotatable bonds is 5. The number of aromatic nitrogens is 2. The van der Waals surface area contributed by atoms with E-state index in [2.05, 4.69) is 29.1 Å². The lowest BCUT2D eigenvalue weighted by molar-refractivity contribution is 0.540. The van der Waals surface area contributed by atoms with Crippen molar-refractivity contribution in [3.05, 3.63) is 18.0 Å². The van der Waals surface area contributed by atoms with Gasteiger partial charge in [-0.25, -0.2) is 9.97 Å². The first-order valence-electron chi connectivity index (χ1n) is 5.23. The summed E-state index contributed by atoms with van der Waals surface area (Å²) in [6.45, 7) is 6.32. The molecular weight excluding hydrogens is 210 g/mol. The predicted molar refractivity (Wildman–Crippen MR) is 64.4 cm³/mol. The Balaban J connectivity index is 2.54. The highest BCUT2D eigenvalue weighted by Crippen LogP contribution is 2.10. The van der Waals surface area contributed by atoms with Crippen LogP contribution in [-0.4, -0.2) is 21.9 Å². The molecule has 84 valence electrons. The van der Waals surface area contributed by atoms with Gasteiger partial charge in [-0.15, -0.1) is 11.6 Å². The number of halogens is 1. The maximum Gasteiger partial charge on any atom is 0.222 e. The van der Waals surface area contributed by atoms with Crippen molar-refractivity contribution in [1.82, 2.24) is 9.97 Å². The molecule has 1 rings (SSSR count). The minimum absolute atomic E-state index is 0.245. The van der Waals surface area contributed by atoms with Crippen molar-refractivity contribution in [2.75, 3.05) is 11.2 Å². The molecule has 1 N–H and O–H groups in total. The third-order valence-corrected chi connectivity index (χ3v) is 2.43. The summed E-state index contributed by atoms with van der Waals surface area (Å²) in [4.78, 5) is 8.38. The first kappa shape index (κ1) is 12.2. The standard InChI is InChI=1S/C11H18ClN3/c1-8(2)4-10(5-12)15-11-13-6-9(3)7-14-11/h6-8,10H,4-5H2,1-3H3,(H,13,14,15). The minimum atomic E-state index is 0.245. The van der Waals surface area contributed by atoms with Gasteiger partial charge in [-0.2, -0.15) is 0 Å². The number of anilines is 1. The zero-order valence-electron chi connectivity index (χ0n) is 9.50. The molecule has 0 radical (unpaired) electrons. The van der Waals surface area contributed by atoms with Crippen LogP contribution in [0.4, 0.5) is 5.95 Å². The third-order valence-electron chi connectivity index (χ3n) is 2.06. The topological polar surface area (TPSA) is 37.8 Å². The normalized spacial score (nSPS) is 12.9. The van der Waals surface area contributed by atoms with Crippen LogP contribution in [0.1, 0.15) is 25.8 Å². The van der Waals surface area contributed by atoms with E-state index in [0.29, 0.717) is 17.7 Å². The van der Waals surface area contributed by atoms with Crippen molar-refractivity contribution in [2.45, 2.75) is 33.2 Å². The van der Waals surface area contributed by atoms with Crippen molar-refractivity contribution < 1.29 is 0 Å². The van der Waals surface area contributed by atoms with Crippen molar-refractivity contribution in [2.24, 2.45) is 5.92 Å². The molecule has 0 aliphatic carbocycles. The highest BCUT2D eigenvalue weighted by molar-refractivity contribution is 6.18. The molecule has 1 atom stereocenters. The van der Waals surface area contributed by atoms with Crippen LogP contribution in [0, 0.1) is 12.8 Å². The van der Waals surface area contributed by atoms with Crippen LogP contribution in [0.5, 0.6) is 0 Å². The molecule has 4 heteroatoms. The molecule has 0 aliphatic heterocycles. The van der Waals surface area contributed by atoms with Gasteiger partial charge in [-0.1, -0.05) is 13.8 Å². The molecule has 0 amide bonds. The molecule has 1 aromatic rings. The van der Waals surface area contributed by atoms with Gasteiger partial charge in [0.2, 0.25) is 5.95 Å². The molecule has 0 saturated heterocycles. The Kier molecular flexibility index (Phi) is 4.82. The van der Waals surface area contributed by atoms with Gasteiger partial charge in [-0.3, -0.25) is 0 Å². The summed E-state index contributed by atoms with van der Waals surface area (Å²) in [5.41, 5.74) is 1.06. The van der Waals surface area contributed by atoms with Crippen LogP contribution >= 0.6 is 11.6 Å². The first-order valence-corrected chi connectivity index (χ1v) is 5.76. The van der Waals surface area contributed by atoms with Gasteiger partial charge in [0, 0.05) is 24.3 Å². The van der Waals surface area contributed by atoms with Crippen LogP contribution in [-0.2, 0) is 0 Å². The lowest BCUT2D eigenvalue weighted by Gasteiger charge is -2.17. The zero-order chi connectivity index (χ0) is 11.3. The second-order valence-corrected chi connectivity index (χ2v) is 4.52. The van der Waals surface area contributed by atoms with Gasteiger partial charge in [0.1, 0.15) is 0 Å². The SMILES string of the molecule is Cc1cnc(NC(CCl)CC(C)C)nc1. The molecule has 1 aromatic heterocycles. The molecule has 1 unspecified atom stereocenters. The van der Waals surface area contributed by atoms with Crippen molar-refractivity contribution >= 4 is 17.5 Å². The van der Waals surface area contributed by atoms with E-state index in [1.165, 1.54) is 0 Å². The molecule has 0 aliphatic rings. The number of hydrogen-bond donors (Lipinski definition) is 1. The summed E-state index contributed by atoms with van der Waals surface area (Å²) in [5, 5.41) is 3.23. The summed E-state index contributed by atoms with van der Waals surface area (Å²) in [5.74, 6) is 1.86. The van der Waals surface area contributed by atoms with Gasteiger partial charge in [0.25, 0.3) is 0 Å². The highest BCUT2D eigenvalue weighted by Gasteiger charge is 2.10. The maximum atomic E-state index is 5.87. The summed E-state index contributed by atoms with van der Waals surface area (Å²) < 4.78 is 0. The Morgan fingerprint density at radius 2 is 1.93 bits per heavy atom. The van der Waals surface area contributed by atoms with E-state index in [0.717, 1.165) is 12.0 Å². The molecule has 15 heavy (non-hydrogen) atoms. The summed E-state index contributed by atoms with van der Waals surface area (Å²) >= 11 is 5.87. The van der Waals surface area contributed by atoms with Gasteiger partial charge in [0.05, 0.1) is 0 Å². The Labute approximate surface area is 96.3 Å². The molecule has 0 fully saturated rings. The number of nitrogens with zero attached hydrogens (tertiary/aromatic N) is 2. The fourth-order valence-corrected chi connectivity index (χ4v) is 1.58. The Bertz CT molecular complexity index is 284. The fourth-order valence-electron chi connectivity index (χ4n) is 1.38. The van der Waals surface area contributed by atoms with E-state index in [-0.39, 0.29) is 6.04 Å². The Hall–Kier alpha value is -0.830. The fraction of sp³-hybridized carbons (Fsp3) is 0.636. The van der Waals surface area contributed by atoms with Crippen molar-refractivity contribution in [1.29, 1.82) is 0 Å². The number of hydrogen-bond acceptors (Lipinski definition) is 3. The Morgan fingerprint density at radius 3 is 2.40 bits per heavy atom. The molecule has 0 aromatic carbocycles. The predicted octanol–water partition coefficient (Wildman–Crippen LogP) is 2.85. The first-order chi connectivity index (χ1) is 7.11. The highest BCUT2D eigenvalue weighted by atomic mass is 35.5. The van der Waals surface area contributed by atoms with Crippen LogP contribution in [0.2, 0.25) is 0 Å². The minimum Gasteiger partial charge on any atom is -0.350 e. The largest absolute Gasteiger partial charge is 0.350 e. The number of alkyl halides is 1. The summed E-state index contributed by atoms with van der Waals surface area (Å²) in [6, 6.07) is 0.245. The second-order valence-electron chi connectivity index (χ2n) is 4.21. The molecule has 3 nitrogen and oxygen atoms in total. The van der Waals surface area contributed by atoms with Crippen LogP contribution < -0.4 is 5.32 Å². The third kappa shape index (κ3) is 4.47. The van der Waals surface area contributed by atoms with E-state index in [1.54, 1.807) is 12.4 Å². The van der Waals surface area contributed by atoms with E-state index < -0.39 is 0 Å². The molecule has 0 spiro atoms. The van der Waals surface area contributed by atoms with E-state index >= 15 is 0 Å². The molecule has 1 heterocycles. The molecule has 0 saturated carbocycles. The molecular formula is C11H18ClN3. The van der Waals surface area contributed by atoms with Gasteiger partial charge >= 0.3 is 0 Å². The van der Waals surface area contributed by atoms with Gasteiger partial charge in [-0.05, 0) is 24.8 Å². The van der Waals surface area contributed by atoms with E-state index in [1.807, 2.05) is 6.92 Å². The summed E-state index contributed by atoms with van der Waals surface area (Å²) in [6.07, 6.45) is 4.63. The van der Waals surface area contributed by atoms with Crippen LogP contribution in [0.3, 0.4) is 0 Å². The Morgan fingerprint density at radius 1 is 1.33 bits per heavy atom. The van der Waals surface area contributed by atoms with Crippen molar-refractivity contribution in [3.8, 4) is 0 Å². The lowest BCUT2D eigenvalue weighted by atomic mass is 10.1. The van der Waals surface area contributed by atoms with Gasteiger partial charge < -0.3 is 5.32 Å². The van der Waals surface area contributed by atoms with Crippen LogP contribution in [0.25, 0.3) is 0 Å². The van der Waals surface area contributed by atoms with Crippen molar-refractivity contribution in [3.63, 3.8) is 0 Å². The smallest absolute Gasteiger partial charge is 0.222 e. The monoisotopic (exact) mass is 227 g/mol. The molecule has 0 bridgehead atoms. The van der Waals surface area contributed by atoms with Crippen LogP contribution in [0.15, 0.2) is 12.4 Å². The lowest BCUT2D eigenvalue weighted by Crippen LogP contribution is -2.24. The zero-order valence-corrected chi connectivity index (χ0v) is 10.3. The number of nitrogens with one attached hydrogen (secondary N) is 1. The quantitative estimate of drug-likeness (QED) is 0.787. The summed E-state index contributed by atoms with van der Waals surface area (Å²) in [7, 11) is 0. The van der Waals surface area contributed by atoms with E-state index in [9.17, 15) is 0 Å². The maximum absolute atomic E-state index is 5.87.